The molecule has 1 aliphatic rings. The second-order valence-corrected chi connectivity index (χ2v) is 6.57. The van der Waals surface area contributed by atoms with Crippen molar-refractivity contribution in [3.63, 3.8) is 0 Å². The number of ether oxygens (including phenoxy) is 1. The highest BCUT2D eigenvalue weighted by atomic mass is 16.5. The fourth-order valence-electron chi connectivity index (χ4n) is 3.20. The topological polar surface area (TPSA) is 115 Å². The molecule has 0 fully saturated rings. The van der Waals surface area contributed by atoms with Crippen LogP contribution in [-0.4, -0.2) is 31.6 Å². The Hall–Kier alpha value is -3.58. The maximum atomic E-state index is 10.4. The van der Waals surface area contributed by atoms with Crippen LogP contribution in [0.5, 0.6) is 23.0 Å². The number of rotatable bonds is 3. The van der Waals surface area contributed by atoms with Gasteiger partial charge in [0.15, 0.2) is 0 Å². The molecule has 7 heteroatoms. The summed E-state index contributed by atoms with van der Waals surface area (Å²) >= 11 is 0. The number of phenols is 3. The summed E-state index contributed by atoms with van der Waals surface area (Å²) in [4.78, 5) is 8.37. The van der Waals surface area contributed by atoms with E-state index >= 15 is 0 Å². The standard InChI is InChI=1S/C21H18N2O5/c1-11-20(27)19-13(9-22-11)10-28-21(19)16-5-12(17(25)7-18(16)26)8-23-14-3-2-4-15(24)6-14/h2-9,21,24-27H,10H2,1H3. The Morgan fingerprint density at radius 1 is 1.11 bits per heavy atom. The van der Waals surface area contributed by atoms with E-state index in [-0.39, 0.29) is 29.6 Å². The first-order valence-corrected chi connectivity index (χ1v) is 8.62. The lowest BCUT2D eigenvalue weighted by Gasteiger charge is -2.16. The molecule has 1 aliphatic heterocycles. The van der Waals surface area contributed by atoms with E-state index in [1.165, 1.54) is 24.4 Å². The Bertz CT molecular complexity index is 1090. The predicted octanol–water partition coefficient (Wildman–Crippen LogP) is 3.58. The first-order chi connectivity index (χ1) is 13.4. The van der Waals surface area contributed by atoms with Crippen LogP contribution in [-0.2, 0) is 11.3 Å². The second-order valence-electron chi connectivity index (χ2n) is 6.57. The average Bonchev–Trinajstić information content (AvgIpc) is 3.09. The maximum Gasteiger partial charge on any atom is 0.143 e. The van der Waals surface area contributed by atoms with E-state index in [0.29, 0.717) is 28.1 Å². The van der Waals surface area contributed by atoms with Gasteiger partial charge in [-0.1, -0.05) is 6.07 Å². The van der Waals surface area contributed by atoms with Gasteiger partial charge in [0.1, 0.15) is 29.1 Å². The number of aryl methyl sites for hydroxylation is 1. The monoisotopic (exact) mass is 378 g/mol. The minimum Gasteiger partial charge on any atom is -0.508 e. The lowest BCUT2D eigenvalue weighted by atomic mass is 9.96. The van der Waals surface area contributed by atoms with Crippen molar-refractivity contribution in [1.82, 2.24) is 4.98 Å². The van der Waals surface area contributed by atoms with Crippen molar-refractivity contribution in [3.8, 4) is 23.0 Å². The fourth-order valence-corrected chi connectivity index (χ4v) is 3.20. The van der Waals surface area contributed by atoms with Crippen molar-refractivity contribution in [3.05, 3.63) is 70.5 Å². The molecule has 3 aromatic rings. The Morgan fingerprint density at radius 3 is 2.71 bits per heavy atom. The molecule has 2 heterocycles. The van der Waals surface area contributed by atoms with Gasteiger partial charge in [-0.3, -0.25) is 9.98 Å². The Balaban J connectivity index is 1.75. The lowest BCUT2D eigenvalue weighted by Crippen LogP contribution is -2.02. The summed E-state index contributed by atoms with van der Waals surface area (Å²) in [6, 6.07) is 9.16. The van der Waals surface area contributed by atoms with Gasteiger partial charge in [0, 0.05) is 46.8 Å². The molecule has 2 aromatic carbocycles. The number of phenolic OH excluding ortho intramolecular Hbond substituents is 3. The van der Waals surface area contributed by atoms with E-state index in [1.54, 1.807) is 31.3 Å². The number of nitrogens with zero attached hydrogens (tertiary/aromatic N) is 2. The molecular formula is C21H18N2O5. The lowest BCUT2D eigenvalue weighted by molar-refractivity contribution is 0.0910. The summed E-state index contributed by atoms with van der Waals surface area (Å²) in [6.07, 6.45) is 2.39. The van der Waals surface area contributed by atoms with E-state index in [9.17, 15) is 20.4 Å². The van der Waals surface area contributed by atoms with Crippen molar-refractivity contribution in [2.45, 2.75) is 19.6 Å². The van der Waals surface area contributed by atoms with E-state index in [1.807, 2.05) is 0 Å². The van der Waals surface area contributed by atoms with Crippen LogP contribution in [0.25, 0.3) is 0 Å². The fraction of sp³-hybridized carbons (Fsp3) is 0.143. The quantitative estimate of drug-likeness (QED) is 0.518. The number of aliphatic imine (C=N–C) groups is 1. The molecule has 142 valence electrons. The largest absolute Gasteiger partial charge is 0.508 e. The Kier molecular flexibility index (Phi) is 4.37. The van der Waals surface area contributed by atoms with Gasteiger partial charge in [-0.05, 0) is 25.1 Å². The van der Waals surface area contributed by atoms with Crippen LogP contribution in [0.3, 0.4) is 0 Å². The van der Waals surface area contributed by atoms with E-state index in [0.717, 1.165) is 5.56 Å². The minimum absolute atomic E-state index is 0.0300. The van der Waals surface area contributed by atoms with E-state index in [4.69, 9.17) is 4.74 Å². The van der Waals surface area contributed by atoms with Crippen LogP contribution < -0.4 is 0 Å². The summed E-state index contributed by atoms with van der Waals surface area (Å²) in [5.41, 5.74) is 3.04. The number of fused-ring (bicyclic) bond motifs is 1. The van der Waals surface area contributed by atoms with Gasteiger partial charge < -0.3 is 25.2 Å². The van der Waals surface area contributed by atoms with Crippen LogP contribution in [0.15, 0.2) is 47.6 Å². The minimum atomic E-state index is -0.690. The molecule has 0 saturated heterocycles. The van der Waals surface area contributed by atoms with Crippen molar-refractivity contribution in [1.29, 1.82) is 0 Å². The zero-order valence-corrected chi connectivity index (χ0v) is 15.0. The van der Waals surface area contributed by atoms with E-state index in [2.05, 4.69) is 9.98 Å². The third-order valence-electron chi connectivity index (χ3n) is 4.67. The van der Waals surface area contributed by atoms with Gasteiger partial charge in [0.2, 0.25) is 0 Å². The van der Waals surface area contributed by atoms with E-state index < -0.39 is 6.10 Å². The van der Waals surface area contributed by atoms with Gasteiger partial charge in [-0.15, -0.1) is 0 Å². The molecule has 0 saturated carbocycles. The van der Waals surface area contributed by atoms with Gasteiger partial charge in [-0.2, -0.15) is 0 Å². The summed E-state index contributed by atoms with van der Waals surface area (Å²) in [6.45, 7) is 1.95. The van der Waals surface area contributed by atoms with Gasteiger partial charge in [0.25, 0.3) is 0 Å². The zero-order chi connectivity index (χ0) is 19.8. The van der Waals surface area contributed by atoms with Crippen molar-refractivity contribution < 1.29 is 25.2 Å². The highest BCUT2D eigenvalue weighted by Crippen LogP contribution is 2.45. The van der Waals surface area contributed by atoms with Crippen LogP contribution in [0, 0.1) is 6.92 Å². The zero-order valence-electron chi connectivity index (χ0n) is 15.0. The highest BCUT2D eigenvalue weighted by molar-refractivity contribution is 5.86. The SMILES string of the molecule is Cc1ncc2c(c1O)C(c1cc(C=Nc3cccc(O)c3)c(O)cc1O)OC2. The maximum absolute atomic E-state index is 10.4. The molecule has 0 amide bonds. The normalized spacial score (nSPS) is 15.8. The number of aromatic hydroxyl groups is 4. The van der Waals surface area contributed by atoms with Gasteiger partial charge in [-0.25, -0.2) is 0 Å². The third kappa shape index (κ3) is 3.12. The van der Waals surface area contributed by atoms with Crippen molar-refractivity contribution >= 4 is 11.9 Å². The van der Waals surface area contributed by atoms with Crippen molar-refractivity contribution in [2.75, 3.05) is 0 Å². The number of benzene rings is 2. The van der Waals surface area contributed by atoms with Crippen molar-refractivity contribution in [2.24, 2.45) is 4.99 Å². The molecule has 4 rings (SSSR count). The number of aromatic nitrogens is 1. The summed E-state index contributed by atoms with van der Waals surface area (Å²) < 4.78 is 5.78. The Morgan fingerprint density at radius 2 is 1.93 bits per heavy atom. The van der Waals surface area contributed by atoms with Crippen LogP contribution in [0.2, 0.25) is 0 Å². The first-order valence-electron chi connectivity index (χ1n) is 8.62. The second kappa shape index (κ2) is 6.86. The molecular weight excluding hydrogens is 360 g/mol. The molecule has 0 aliphatic carbocycles. The average molecular weight is 378 g/mol. The molecule has 28 heavy (non-hydrogen) atoms. The molecule has 4 N–H and O–H groups in total. The summed E-state index contributed by atoms with van der Waals surface area (Å²) in [5.74, 6) is -0.194. The molecule has 0 bridgehead atoms. The highest BCUT2D eigenvalue weighted by Gasteiger charge is 2.31. The van der Waals surface area contributed by atoms with Crippen LogP contribution in [0.4, 0.5) is 5.69 Å². The number of hydrogen-bond donors (Lipinski definition) is 4. The predicted molar refractivity (Wildman–Crippen MR) is 102 cm³/mol. The molecule has 1 unspecified atom stereocenters. The smallest absolute Gasteiger partial charge is 0.143 e. The Labute approximate surface area is 160 Å². The molecule has 0 spiro atoms. The molecule has 7 nitrogen and oxygen atoms in total. The summed E-state index contributed by atoms with van der Waals surface area (Å²) in [7, 11) is 0. The van der Waals surface area contributed by atoms with Crippen LogP contribution >= 0.6 is 0 Å². The molecule has 1 atom stereocenters. The van der Waals surface area contributed by atoms with Gasteiger partial charge >= 0.3 is 0 Å². The molecule has 1 aromatic heterocycles. The van der Waals surface area contributed by atoms with Gasteiger partial charge in [0.05, 0.1) is 18.0 Å². The number of pyridine rings is 1. The summed E-state index contributed by atoms with van der Waals surface area (Å²) in [5, 5.41) is 40.5. The first kappa shape index (κ1) is 17.8. The molecule has 0 radical (unpaired) electrons. The number of hydrogen-bond acceptors (Lipinski definition) is 7. The third-order valence-corrected chi connectivity index (χ3v) is 4.67. The van der Waals surface area contributed by atoms with Crippen LogP contribution in [0.1, 0.15) is 34.1 Å².